The number of rotatable bonds is 2. The maximum Gasteiger partial charge on any atom is 0.253 e. The molecule has 3 saturated heterocycles. The fourth-order valence-electron chi connectivity index (χ4n) is 5.52. The normalized spacial score (nSPS) is 26.6. The van der Waals surface area contributed by atoms with Crippen LogP contribution in [0.5, 0.6) is 0 Å². The van der Waals surface area contributed by atoms with Gasteiger partial charge in [-0.15, -0.1) is 0 Å². The third-order valence-electron chi connectivity index (χ3n) is 6.83. The lowest BCUT2D eigenvalue weighted by atomic mass is 9.89. The van der Waals surface area contributed by atoms with Crippen LogP contribution in [0.25, 0.3) is 10.8 Å². The molecular weight excluding hydrogens is 374 g/mol. The van der Waals surface area contributed by atoms with E-state index in [0.29, 0.717) is 5.69 Å². The van der Waals surface area contributed by atoms with Gasteiger partial charge in [-0.05, 0) is 30.4 Å². The monoisotopic (exact) mass is 397 g/mol. The van der Waals surface area contributed by atoms with Gasteiger partial charge in [-0.25, -0.2) is 14.9 Å². The van der Waals surface area contributed by atoms with Gasteiger partial charge in [0.1, 0.15) is 6.04 Å². The highest BCUT2D eigenvalue weighted by Gasteiger charge is 2.62. The molecule has 3 aromatic rings. The zero-order valence-electron chi connectivity index (χ0n) is 16.9. The van der Waals surface area contributed by atoms with Crippen molar-refractivity contribution in [1.82, 2.24) is 10.0 Å². The van der Waals surface area contributed by atoms with E-state index in [4.69, 9.17) is 0 Å². The predicted molar refractivity (Wildman–Crippen MR) is 116 cm³/mol. The second-order valence-electron chi connectivity index (χ2n) is 8.52. The summed E-state index contributed by atoms with van der Waals surface area (Å²) in [7, 11) is 0. The maximum absolute atomic E-state index is 13.8. The summed E-state index contributed by atoms with van der Waals surface area (Å²) >= 11 is 0. The average molecular weight is 397 g/mol. The van der Waals surface area contributed by atoms with Crippen LogP contribution in [0.3, 0.4) is 0 Å². The fourth-order valence-corrected chi connectivity index (χ4v) is 5.52. The van der Waals surface area contributed by atoms with E-state index in [1.807, 2.05) is 42.5 Å². The molecule has 0 bridgehead atoms. The molecule has 3 atom stereocenters. The van der Waals surface area contributed by atoms with E-state index in [1.54, 1.807) is 0 Å². The molecule has 6 rings (SSSR count). The first kappa shape index (κ1) is 17.8. The molecule has 0 saturated carbocycles. The van der Waals surface area contributed by atoms with Crippen molar-refractivity contribution in [3.05, 3.63) is 77.9 Å². The third kappa shape index (κ3) is 2.36. The van der Waals surface area contributed by atoms with Crippen molar-refractivity contribution in [2.24, 2.45) is 5.92 Å². The first-order valence-corrected chi connectivity index (χ1v) is 10.6. The van der Waals surface area contributed by atoms with Gasteiger partial charge in [0.15, 0.2) is 0 Å². The van der Waals surface area contributed by atoms with Gasteiger partial charge in [0.25, 0.3) is 5.91 Å². The molecule has 5 nitrogen and oxygen atoms in total. The van der Waals surface area contributed by atoms with Crippen LogP contribution in [0.4, 0.5) is 5.69 Å². The van der Waals surface area contributed by atoms with Crippen LogP contribution in [0.15, 0.2) is 66.7 Å². The van der Waals surface area contributed by atoms with Crippen LogP contribution in [-0.4, -0.2) is 41.0 Å². The molecule has 0 unspecified atom stereocenters. The number of anilines is 1. The summed E-state index contributed by atoms with van der Waals surface area (Å²) < 4.78 is 0. The molecule has 3 fully saturated rings. The largest absolute Gasteiger partial charge is 0.274 e. The quantitative estimate of drug-likeness (QED) is 0.619. The van der Waals surface area contributed by atoms with Crippen LogP contribution >= 0.6 is 0 Å². The lowest BCUT2D eigenvalue weighted by Gasteiger charge is -2.30. The van der Waals surface area contributed by atoms with E-state index in [2.05, 4.69) is 41.2 Å². The number of hydrazine groups is 1. The summed E-state index contributed by atoms with van der Waals surface area (Å²) in [5.41, 5.74) is 3.00. The number of amides is 2. The van der Waals surface area contributed by atoms with E-state index < -0.39 is 6.04 Å². The Morgan fingerprint density at radius 1 is 0.767 bits per heavy atom. The molecule has 150 valence electrons. The van der Waals surface area contributed by atoms with Gasteiger partial charge in [-0.1, -0.05) is 66.2 Å². The standard InChI is InChI=1S/C25H23N3O2/c1-16-10-12-18(13-11-16)22-21-23(27-15-5-14-26(22)27)25(30)28(24(21)29)20-9-4-7-17-6-2-3-8-19(17)20/h2-4,6-13,21-23H,5,14-15H2,1H3/t21-,22+,23-/m1/s1. The Hall–Kier alpha value is -3.02. The molecule has 0 spiro atoms. The van der Waals surface area contributed by atoms with Gasteiger partial charge < -0.3 is 0 Å². The van der Waals surface area contributed by atoms with Crippen molar-refractivity contribution in [2.75, 3.05) is 18.0 Å². The summed E-state index contributed by atoms with van der Waals surface area (Å²) in [6.45, 7) is 3.78. The number of hydrogen-bond acceptors (Lipinski definition) is 4. The topological polar surface area (TPSA) is 43.9 Å². The predicted octanol–water partition coefficient (Wildman–Crippen LogP) is 3.68. The minimum absolute atomic E-state index is 0.0821. The minimum Gasteiger partial charge on any atom is -0.274 e. The zero-order chi connectivity index (χ0) is 20.4. The number of aryl methyl sites for hydroxylation is 1. The molecule has 2 amide bonds. The molecule has 0 aliphatic carbocycles. The highest BCUT2D eigenvalue weighted by atomic mass is 16.2. The second-order valence-corrected chi connectivity index (χ2v) is 8.52. The van der Waals surface area contributed by atoms with E-state index >= 15 is 0 Å². The Labute approximate surface area is 175 Å². The Morgan fingerprint density at radius 3 is 2.27 bits per heavy atom. The summed E-state index contributed by atoms with van der Waals surface area (Å²) in [5, 5.41) is 6.38. The molecule has 0 N–H and O–H groups in total. The Morgan fingerprint density at radius 2 is 1.47 bits per heavy atom. The molecule has 30 heavy (non-hydrogen) atoms. The van der Waals surface area contributed by atoms with E-state index in [1.165, 1.54) is 10.5 Å². The van der Waals surface area contributed by atoms with Crippen molar-refractivity contribution in [2.45, 2.75) is 25.4 Å². The first-order chi connectivity index (χ1) is 14.6. The van der Waals surface area contributed by atoms with Crippen LogP contribution in [0.1, 0.15) is 23.6 Å². The minimum atomic E-state index is -0.412. The lowest BCUT2D eigenvalue weighted by molar-refractivity contribution is -0.126. The van der Waals surface area contributed by atoms with Gasteiger partial charge >= 0.3 is 0 Å². The average Bonchev–Trinajstić information content (AvgIpc) is 3.41. The first-order valence-electron chi connectivity index (χ1n) is 10.6. The van der Waals surface area contributed by atoms with Gasteiger partial charge in [-0.3, -0.25) is 9.59 Å². The molecule has 3 aliphatic heterocycles. The molecule has 3 aliphatic rings. The van der Waals surface area contributed by atoms with Crippen LogP contribution in [-0.2, 0) is 9.59 Å². The fraction of sp³-hybridized carbons (Fsp3) is 0.280. The van der Waals surface area contributed by atoms with Gasteiger partial charge in [0.2, 0.25) is 5.91 Å². The number of imide groups is 1. The molecule has 3 aromatic carbocycles. The van der Waals surface area contributed by atoms with Crippen molar-refractivity contribution >= 4 is 28.3 Å². The van der Waals surface area contributed by atoms with Gasteiger partial charge in [0.05, 0.1) is 17.6 Å². The molecule has 5 heteroatoms. The number of fused-ring (bicyclic) bond motifs is 4. The number of nitrogens with zero attached hydrogens (tertiary/aromatic N) is 3. The van der Waals surface area contributed by atoms with Crippen molar-refractivity contribution in [3.8, 4) is 0 Å². The van der Waals surface area contributed by atoms with E-state index in [9.17, 15) is 9.59 Å². The maximum atomic E-state index is 13.8. The summed E-state index contributed by atoms with van der Waals surface area (Å²) in [6.07, 6.45) is 1.02. The van der Waals surface area contributed by atoms with Gasteiger partial charge in [-0.2, -0.15) is 0 Å². The Kier molecular flexibility index (Phi) is 3.85. The summed E-state index contributed by atoms with van der Waals surface area (Å²) in [6, 6.07) is 21.7. The van der Waals surface area contributed by atoms with E-state index in [-0.39, 0.29) is 23.8 Å². The smallest absolute Gasteiger partial charge is 0.253 e. The highest BCUT2D eigenvalue weighted by molar-refractivity contribution is 6.26. The summed E-state index contributed by atoms with van der Waals surface area (Å²) in [5.74, 6) is -0.552. The number of benzene rings is 3. The third-order valence-corrected chi connectivity index (χ3v) is 6.83. The Bertz CT molecular complexity index is 1170. The number of carbonyl (C=O) groups is 2. The number of carbonyl (C=O) groups excluding carboxylic acids is 2. The van der Waals surface area contributed by atoms with Crippen molar-refractivity contribution in [3.63, 3.8) is 0 Å². The summed E-state index contributed by atoms with van der Waals surface area (Å²) in [4.78, 5) is 28.9. The molecular formula is C25H23N3O2. The van der Waals surface area contributed by atoms with Gasteiger partial charge in [0, 0.05) is 18.5 Å². The molecule has 3 heterocycles. The van der Waals surface area contributed by atoms with Crippen molar-refractivity contribution < 1.29 is 9.59 Å². The zero-order valence-corrected chi connectivity index (χ0v) is 16.9. The SMILES string of the molecule is Cc1ccc([C@H]2[C@H]3C(=O)N(c4cccc5ccccc45)C(=O)[C@@H]3N3CCCN23)cc1. The number of hydrogen-bond donors (Lipinski definition) is 0. The Balaban J connectivity index is 1.48. The van der Waals surface area contributed by atoms with Crippen LogP contribution in [0, 0.1) is 12.8 Å². The van der Waals surface area contributed by atoms with Crippen molar-refractivity contribution in [1.29, 1.82) is 0 Å². The highest BCUT2D eigenvalue weighted by Crippen LogP contribution is 2.49. The lowest BCUT2D eigenvalue weighted by Crippen LogP contribution is -2.44. The van der Waals surface area contributed by atoms with Crippen LogP contribution < -0.4 is 4.90 Å². The molecule has 0 aromatic heterocycles. The molecule has 0 radical (unpaired) electrons. The van der Waals surface area contributed by atoms with Crippen LogP contribution in [0.2, 0.25) is 0 Å². The second kappa shape index (κ2) is 6.49. The van der Waals surface area contributed by atoms with E-state index in [0.717, 1.165) is 35.8 Å².